The molecular weight excluding hydrogens is 326 g/mol. The van der Waals surface area contributed by atoms with E-state index in [0.717, 1.165) is 23.6 Å². The second-order valence-electron chi connectivity index (χ2n) is 5.41. The molecule has 0 unspecified atom stereocenters. The number of nitrogens with one attached hydrogen (secondary N) is 1. The molecule has 6 nitrogen and oxygen atoms in total. The number of hydrogen-bond acceptors (Lipinski definition) is 5. The fourth-order valence-corrected chi connectivity index (χ4v) is 2.30. The van der Waals surface area contributed by atoms with Gasteiger partial charge in [-0.15, -0.1) is 0 Å². The zero-order chi connectivity index (χ0) is 16.9. The maximum absolute atomic E-state index is 11.6. The summed E-state index contributed by atoms with van der Waals surface area (Å²) in [5.41, 5.74) is 5.74. The van der Waals surface area contributed by atoms with Crippen molar-refractivity contribution in [3.05, 3.63) is 54.1 Å². The van der Waals surface area contributed by atoms with Crippen LogP contribution in [0.3, 0.4) is 0 Å². The van der Waals surface area contributed by atoms with Gasteiger partial charge in [0, 0.05) is 29.9 Å². The fraction of sp³-hybridized carbons (Fsp3) is 0.176. The summed E-state index contributed by atoms with van der Waals surface area (Å²) in [7, 11) is 0. The Hall–Kier alpha value is -2.73. The third-order valence-corrected chi connectivity index (χ3v) is 3.67. The number of rotatable bonds is 2. The van der Waals surface area contributed by atoms with E-state index in [1.165, 1.54) is 0 Å². The molecule has 7 heteroatoms. The molecule has 1 amide bonds. The van der Waals surface area contributed by atoms with Crippen LogP contribution in [0.25, 0.3) is 10.8 Å². The summed E-state index contributed by atoms with van der Waals surface area (Å²) in [6.45, 7) is 0. The Bertz CT molecular complexity index is 826. The number of nitrogens with zero attached hydrogens (tertiary/aromatic N) is 3. The van der Waals surface area contributed by atoms with Crippen molar-refractivity contribution >= 4 is 39.9 Å². The maximum Gasteiger partial charge on any atom is 0.228 e. The Balaban J connectivity index is 0.000000238. The molecule has 3 aromatic heterocycles. The van der Waals surface area contributed by atoms with Crippen LogP contribution in [0.2, 0.25) is 5.15 Å². The van der Waals surface area contributed by atoms with Crippen molar-refractivity contribution in [3.63, 3.8) is 0 Å². The van der Waals surface area contributed by atoms with Crippen LogP contribution in [-0.4, -0.2) is 20.9 Å². The van der Waals surface area contributed by atoms with Crippen LogP contribution >= 0.6 is 11.6 Å². The number of carbonyl (C=O) groups is 1. The first-order chi connectivity index (χ1) is 11.6. The first-order valence-corrected chi connectivity index (χ1v) is 7.89. The Morgan fingerprint density at radius 2 is 1.96 bits per heavy atom. The molecule has 0 aromatic carbocycles. The molecule has 4 rings (SSSR count). The Morgan fingerprint density at radius 1 is 1.21 bits per heavy atom. The molecule has 0 bridgehead atoms. The molecule has 0 aliphatic heterocycles. The molecule has 1 fully saturated rings. The van der Waals surface area contributed by atoms with Crippen LogP contribution < -0.4 is 11.1 Å². The molecule has 3 aromatic rings. The zero-order valence-corrected chi connectivity index (χ0v) is 13.6. The standard InChI is InChI=1S/C12H11ClN4O.C5H5N/c13-9-3-7-4-10(17-12(18)6-1-2-6)15-5-8(7)11(14)16-9;1-2-4-6-5-3-1/h3-6H,1-2H2,(H2,14,16)(H,15,17,18);1-5H. The smallest absolute Gasteiger partial charge is 0.228 e. The lowest BCUT2D eigenvalue weighted by Gasteiger charge is -2.06. The van der Waals surface area contributed by atoms with E-state index < -0.39 is 0 Å². The normalized spacial score (nSPS) is 13.0. The molecule has 0 spiro atoms. The second kappa shape index (κ2) is 7.23. The molecule has 3 N–H and O–H groups in total. The summed E-state index contributed by atoms with van der Waals surface area (Å²) in [5.74, 6) is 1.02. The van der Waals surface area contributed by atoms with Crippen LogP contribution in [0.15, 0.2) is 48.9 Å². The molecule has 24 heavy (non-hydrogen) atoms. The minimum absolute atomic E-state index is 0.0231. The number of carbonyl (C=O) groups excluding carboxylic acids is 1. The van der Waals surface area contributed by atoms with Gasteiger partial charge in [0.15, 0.2) is 0 Å². The van der Waals surface area contributed by atoms with Gasteiger partial charge >= 0.3 is 0 Å². The maximum atomic E-state index is 11.6. The predicted molar refractivity (Wildman–Crippen MR) is 94.6 cm³/mol. The summed E-state index contributed by atoms with van der Waals surface area (Å²) in [5, 5.41) is 4.64. The number of aromatic nitrogens is 3. The van der Waals surface area contributed by atoms with Gasteiger partial charge in [-0.3, -0.25) is 9.78 Å². The number of pyridine rings is 3. The first kappa shape index (κ1) is 16.1. The van der Waals surface area contributed by atoms with E-state index in [9.17, 15) is 4.79 Å². The highest BCUT2D eigenvalue weighted by Gasteiger charge is 2.29. The molecule has 122 valence electrons. The number of nitrogen functional groups attached to an aromatic ring is 1. The monoisotopic (exact) mass is 341 g/mol. The molecule has 0 atom stereocenters. The van der Waals surface area contributed by atoms with Crippen molar-refractivity contribution in [3.8, 4) is 0 Å². The Labute approximate surface area is 144 Å². The zero-order valence-electron chi connectivity index (χ0n) is 12.8. The highest BCUT2D eigenvalue weighted by atomic mass is 35.5. The van der Waals surface area contributed by atoms with Crippen LogP contribution in [0.4, 0.5) is 11.6 Å². The summed E-state index contributed by atoms with van der Waals surface area (Å²) >= 11 is 5.84. The lowest BCUT2D eigenvalue weighted by Crippen LogP contribution is -2.14. The van der Waals surface area contributed by atoms with Crippen LogP contribution in [0.1, 0.15) is 12.8 Å². The molecule has 0 saturated heterocycles. The third kappa shape index (κ3) is 4.17. The fourth-order valence-electron chi connectivity index (χ4n) is 2.10. The SMILES string of the molecule is Nc1nc(Cl)cc2cc(NC(=O)C3CC3)ncc12.c1ccncc1. The molecule has 0 radical (unpaired) electrons. The summed E-state index contributed by atoms with van der Waals surface area (Å²) < 4.78 is 0. The lowest BCUT2D eigenvalue weighted by molar-refractivity contribution is -0.117. The van der Waals surface area contributed by atoms with Gasteiger partial charge in [-0.05, 0) is 42.5 Å². The van der Waals surface area contributed by atoms with Crippen LogP contribution in [0.5, 0.6) is 0 Å². The van der Waals surface area contributed by atoms with Gasteiger partial charge in [-0.1, -0.05) is 17.7 Å². The van der Waals surface area contributed by atoms with E-state index in [-0.39, 0.29) is 11.8 Å². The van der Waals surface area contributed by atoms with E-state index in [1.54, 1.807) is 30.7 Å². The summed E-state index contributed by atoms with van der Waals surface area (Å²) in [6, 6.07) is 9.16. The van der Waals surface area contributed by atoms with Gasteiger partial charge in [0.25, 0.3) is 0 Å². The van der Waals surface area contributed by atoms with E-state index in [2.05, 4.69) is 20.3 Å². The van der Waals surface area contributed by atoms with Gasteiger partial charge < -0.3 is 11.1 Å². The minimum atomic E-state index is 0.0231. The Morgan fingerprint density at radius 3 is 2.54 bits per heavy atom. The predicted octanol–water partition coefficient (Wildman–Crippen LogP) is 3.30. The van der Waals surface area contributed by atoms with Crippen molar-refractivity contribution < 1.29 is 4.79 Å². The van der Waals surface area contributed by atoms with E-state index in [4.69, 9.17) is 17.3 Å². The number of anilines is 2. The van der Waals surface area contributed by atoms with Crippen molar-refractivity contribution in [2.24, 2.45) is 5.92 Å². The first-order valence-electron chi connectivity index (χ1n) is 7.51. The second-order valence-corrected chi connectivity index (χ2v) is 5.80. The third-order valence-electron chi connectivity index (χ3n) is 3.48. The number of halogens is 1. The average Bonchev–Trinajstić information content (AvgIpc) is 3.41. The summed E-state index contributed by atoms with van der Waals surface area (Å²) in [6.07, 6.45) is 7.01. The number of amides is 1. The lowest BCUT2D eigenvalue weighted by atomic mass is 10.2. The van der Waals surface area contributed by atoms with Crippen LogP contribution in [0, 0.1) is 5.92 Å². The van der Waals surface area contributed by atoms with E-state index >= 15 is 0 Å². The van der Waals surface area contributed by atoms with Crippen LogP contribution in [-0.2, 0) is 4.79 Å². The van der Waals surface area contributed by atoms with E-state index in [0.29, 0.717) is 16.8 Å². The van der Waals surface area contributed by atoms with Crippen molar-refractivity contribution in [1.82, 2.24) is 15.0 Å². The topological polar surface area (TPSA) is 93.8 Å². The van der Waals surface area contributed by atoms with Gasteiger partial charge in [-0.25, -0.2) is 9.97 Å². The van der Waals surface area contributed by atoms with Gasteiger partial charge in [0.2, 0.25) is 5.91 Å². The largest absolute Gasteiger partial charge is 0.383 e. The highest BCUT2D eigenvalue weighted by Crippen LogP contribution is 2.30. The summed E-state index contributed by atoms with van der Waals surface area (Å²) in [4.78, 5) is 23.5. The highest BCUT2D eigenvalue weighted by molar-refractivity contribution is 6.30. The van der Waals surface area contributed by atoms with Gasteiger partial charge in [-0.2, -0.15) is 0 Å². The quantitative estimate of drug-likeness (QED) is 0.697. The van der Waals surface area contributed by atoms with Crippen molar-refractivity contribution in [2.75, 3.05) is 11.1 Å². The van der Waals surface area contributed by atoms with E-state index in [1.807, 2.05) is 18.2 Å². The molecule has 1 saturated carbocycles. The number of hydrogen-bond donors (Lipinski definition) is 2. The number of fused-ring (bicyclic) bond motifs is 1. The van der Waals surface area contributed by atoms with Crippen molar-refractivity contribution in [1.29, 1.82) is 0 Å². The molecule has 1 aliphatic rings. The molecule has 3 heterocycles. The molecular formula is C17H16ClN5O. The minimum Gasteiger partial charge on any atom is -0.383 e. The number of nitrogens with two attached hydrogens (primary N) is 1. The van der Waals surface area contributed by atoms with Gasteiger partial charge in [0.05, 0.1) is 0 Å². The average molecular weight is 342 g/mol. The van der Waals surface area contributed by atoms with Crippen molar-refractivity contribution in [2.45, 2.75) is 12.8 Å². The molecule has 1 aliphatic carbocycles. The van der Waals surface area contributed by atoms with Gasteiger partial charge in [0.1, 0.15) is 16.8 Å². The Kier molecular flexibility index (Phi) is 4.86.